The molecule has 0 aliphatic carbocycles. The van der Waals surface area contributed by atoms with Crippen LogP contribution in [-0.2, 0) is 6.54 Å². The number of nitrogens with zero attached hydrogens (tertiary/aromatic N) is 1. The smallest absolute Gasteiger partial charge is 0.339 e. The number of carboxylic acid groups (broad SMARTS) is 1. The summed E-state index contributed by atoms with van der Waals surface area (Å²) in [5.41, 5.74) is 0.725. The van der Waals surface area contributed by atoms with Gasteiger partial charge < -0.3 is 9.52 Å². The second-order valence-electron chi connectivity index (χ2n) is 5.66. The molecule has 0 unspecified atom stereocenters. The van der Waals surface area contributed by atoms with E-state index in [1.807, 2.05) is 0 Å². The van der Waals surface area contributed by atoms with Crippen molar-refractivity contribution >= 4 is 5.97 Å². The second-order valence-corrected chi connectivity index (χ2v) is 5.66. The van der Waals surface area contributed by atoms with Crippen molar-refractivity contribution in [3.05, 3.63) is 23.2 Å². The third-order valence-corrected chi connectivity index (χ3v) is 4.60. The van der Waals surface area contributed by atoms with Crippen LogP contribution in [0.2, 0.25) is 0 Å². The lowest BCUT2D eigenvalue weighted by Crippen LogP contribution is -2.25. The molecule has 0 atom stereocenters. The maximum absolute atomic E-state index is 11.0. The molecule has 0 amide bonds. The molecule has 19 heavy (non-hydrogen) atoms. The van der Waals surface area contributed by atoms with Crippen LogP contribution in [0.4, 0.5) is 0 Å². The molecule has 0 spiro atoms. The minimum absolute atomic E-state index is 0.284. The molecular formula is C15H23NO3. The van der Waals surface area contributed by atoms with E-state index in [1.165, 1.54) is 19.3 Å². The minimum Gasteiger partial charge on any atom is -0.478 e. The highest BCUT2D eigenvalue weighted by atomic mass is 16.4. The average Bonchev–Trinajstić information content (AvgIpc) is 2.94. The standard InChI is InChI=1S/C15H23NO3/c1-4-15(5-2)6-7-16(10-15)9-12-8-13(14(17)18)11(3)19-12/h8H,4-7,9-10H2,1-3H3,(H,17,18). The number of carboxylic acids is 1. The molecule has 1 N–H and O–H groups in total. The number of rotatable bonds is 5. The summed E-state index contributed by atoms with van der Waals surface area (Å²) in [6.45, 7) is 9.10. The van der Waals surface area contributed by atoms with E-state index in [0.29, 0.717) is 11.2 Å². The van der Waals surface area contributed by atoms with Crippen LogP contribution in [0.25, 0.3) is 0 Å². The van der Waals surface area contributed by atoms with Crippen molar-refractivity contribution in [2.24, 2.45) is 5.41 Å². The van der Waals surface area contributed by atoms with Gasteiger partial charge in [-0.05, 0) is 44.2 Å². The zero-order chi connectivity index (χ0) is 14.0. The van der Waals surface area contributed by atoms with Crippen LogP contribution < -0.4 is 0 Å². The molecule has 1 aliphatic rings. The Kier molecular flexibility index (Phi) is 3.99. The fourth-order valence-corrected chi connectivity index (χ4v) is 3.04. The van der Waals surface area contributed by atoms with Gasteiger partial charge in [-0.2, -0.15) is 0 Å². The van der Waals surface area contributed by atoms with Crippen LogP contribution in [0.15, 0.2) is 10.5 Å². The summed E-state index contributed by atoms with van der Waals surface area (Å²) >= 11 is 0. The van der Waals surface area contributed by atoms with Crippen LogP contribution in [-0.4, -0.2) is 29.1 Å². The Balaban J connectivity index is 2.03. The molecule has 0 bridgehead atoms. The Bertz CT molecular complexity index is 460. The lowest BCUT2D eigenvalue weighted by atomic mass is 9.82. The van der Waals surface area contributed by atoms with Crippen molar-refractivity contribution in [2.75, 3.05) is 13.1 Å². The number of carbonyl (C=O) groups is 1. The highest BCUT2D eigenvalue weighted by molar-refractivity contribution is 5.88. The number of likely N-dealkylation sites (tertiary alicyclic amines) is 1. The summed E-state index contributed by atoms with van der Waals surface area (Å²) in [7, 11) is 0. The van der Waals surface area contributed by atoms with Gasteiger partial charge in [-0.3, -0.25) is 4.90 Å². The van der Waals surface area contributed by atoms with Crippen molar-refractivity contribution < 1.29 is 14.3 Å². The highest BCUT2D eigenvalue weighted by Gasteiger charge is 2.35. The summed E-state index contributed by atoms with van der Waals surface area (Å²) in [5, 5.41) is 9.03. The lowest BCUT2D eigenvalue weighted by Gasteiger charge is -2.26. The van der Waals surface area contributed by atoms with E-state index in [4.69, 9.17) is 9.52 Å². The average molecular weight is 265 g/mol. The molecule has 4 nitrogen and oxygen atoms in total. The van der Waals surface area contributed by atoms with Gasteiger partial charge in [-0.1, -0.05) is 13.8 Å². The Hall–Kier alpha value is -1.29. The molecule has 1 aliphatic heterocycles. The molecule has 1 fully saturated rings. The van der Waals surface area contributed by atoms with Gasteiger partial charge in [0.25, 0.3) is 0 Å². The van der Waals surface area contributed by atoms with Gasteiger partial charge in [0.05, 0.1) is 6.54 Å². The van der Waals surface area contributed by atoms with Crippen LogP contribution in [0.1, 0.15) is 55.0 Å². The normalized spacial score (nSPS) is 18.9. The predicted octanol–water partition coefficient (Wildman–Crippen LogP) is 3.30. The number of furan rings is 1. The summed E-state index contributed by atoms with van der Waals surface area (Å²) in [4.78, 5) is 13.4. The van der Waals surface area contributed by atoms with Crippen LogP contribution in [0.5, 0.6) is 0 Å². The maximum Gasteiger partial charge on any atom is 0.339 e. The van der Waals surface area contributed by atoms with E-state index in [2.05, 4.69) is 18.7 Å². The molecule has 2 rings (SSSR count). The lowest BCUT2D eigenvalue weighted by molar-refractivity contribution is 0.0695. The first kappa shape index (κ1) is 14.1. The van der Waals surface area contributed by atoms with Crippen molar-refractivity contribution in [3.63, 3.8) is 0 Å². The quantitative estimate of drug-likeness (QED) is 0.887. The van der Waals surface area contributed by atoms with E-state index in [1.54, 1.807) is 13.0 Å². The summed E-state index contributed by atoms with van der Waals surface area (Å²) < 4.78 is 5.55. The van der Waals surface area contributed by atoms with Gasteiger partial charge in [0.2, 0.25) is 0 Å². The molecule has 1 aromatic rings. The van der Waals surface area contributed by atoms with Crippen molar-refractivity contribution in [2.45, 2.75) is 46.6 Å². The molecule has 0 radical (unpaired) electrons. The van der Waals surface area contributed by atoms with Gasteiger partial charge in [0, 0.05) is 6.54 Å². The second kappa shape index (κ2) is 5.37. The van der Waals surface area contributed by atoms with Gasteiger partial charge in [-0.25, -0.2) is 4.79 Å². The molecule has 1 aromatic heterocycles. The largest absolute Gasteiger partial charge is 0.478 e. The molecule has 1 saturated heterocycles. The van der Waals surface area contributed by atoms with Gasteiger partial charge in [-0.15, -0.1) is 0 Å². The third kappa shape index (κ3) is 2.84. The zero-order valence-electron chi connectivity index (χ0n) is 12.0. The SMILES string of the molecule is CCC1(CC)CCN(Cc2cc(C(=O)O)c(C)o2)C1. The number of aromatic carboxylic acids is 1. The number of hydrogen-bond donors (Lipinski definition) is 1. The van der Waals surface area contributed by atoms with Crippen molar-refractivity contribution in [1.82, 2.24) is 4.90 Å². The Labute approximate surface area is 114 Å². The Morgan fingerprint density at radius 2 is 2.16 bits per heavy atom. The predicted molar refractivity (Wildman–Crippen MR) is 73.3 cm³/mol. The van der Waals surface area contributed by atoms with Crippen LogP contribution >= 0.6 is 0 Å². The summed E-state index contributed by atoms with van der Waals surface area (Å²) in [5.74, 6) is 0.349. The fourth-order valence-electron chi connectivity index (χ4n) is 3.04. The molecule has 106 valence electrons. The molecule has 2 heterocycles. The van der Waals surface area contributed by atoms with Crippen molar-refractivity contribution in [3.8, 4) is 0 Å². The van der Waals surface area contributed by atoms with E-state index >= 15 is 0 Å². The Morgan fingerprint density at radius 1 is 1.47 bits per heavy atom. The van der Waals surface area contributed by atoms with E-state index in [9.17, 15) is 4.79 Å². The number of hydrogen-bond acceptors (Lipinski definition) is 3. The summed E-state index contributed by atoms with van der Waals surface area (Å²) in [6, 6.07) is 1.66. The first-order valence-electron chi connectivity index (χ1n) is 7.04. The van der Waals surface area contributed by atoms with E-state index < -0.39 is 5.97 Å². The monoisotopic (exact) mass is 265 g/mol. The van der Waals surface area contributed by atoms with Gasteiger partial charge in [0.1, 0.15) is 17.1 Å². The molecular weight excluding hydrogens is 242 g/mol. The molecule has 0 saturated carbocycles. The molecule has 0 aromatic carbocycles. The minimum atomic E-state index is -0.912. The fraction of sp³-hybridized carbons (Fsp3) is 0.667. The van der Waals surface area contributed by atoms with Crippen LogP contribution in [0, 0.1) is 12.3 Å². The van der Waals surface area contributed by atoms with Crippen LogP contribution in [0.3, 0.4) is 0 Å². The molecule has 4 heteroatoms. The summed E-state index contributed by atoms with van der Waals surface area (Å²) in [6.07, 6.45) is 3.64. The first-order chi connectivity index (χ1) is 8.99. The zero-order valence-corrected chi connectivity index (χ0v) is 12.0. The highest BCUT2D eigenvalue weighted by Crippen LogP contribution is 2.37. The number of aryl methyl sites for hydroxylation is 1. The Morgan fingerprint density at radius 3 is 2.63 bits per heavy atom. The first-order valence-corrected chi connectivity index (χ1v) is 7.04. The van der Waals surface area contributed by atoms with E-state index in [0.717, 1.165) is 25.4 Å². The third-order valence-electron chi connectivity index (χ3n) is 4.60. The van der Waals surface area contributed by atoms with Gasteiger partial charge in [0.15, 0.2) is 0 Å². The van der Waals surface area contributed by atoms with Gasteiger partial charge >= 0.3 is 5.97 Å². The van der Waals surface area contributed by atoms with Crippen molar-refractivity contribution in [1.29, 1.82) is 0 Å². The van der Waals surface area contributed by atoms with E-state index in [-0.39, 0.29) is 5.56 Å². The topological polar surface area (TPSA) is 53.7 Å². The maximum atomic E-state index is 11.0.